The van der Waals surface area contributed by atoms with E-state index in [-0.39, 0.29) is 5.91 Å². The molecule has 0 aliphatic carbocycles. The molecular weight excluding hydrogens is 302 g/mol. The Labute approximate surface area is 137 Å². The first-order chi connectivity index (χ1) is 11.8. The van der Waals surface area contributed by atoms with Crippen LogP contribution in [0.15, 0.2) is 60.9 Å². The first kappa shape index (κ1) is 14.2. The van der Waals surface area contributed by atoms with Crippen molar-refractivity contribution < 1.29 is 4.79 Å². The zero-order valence-corrected chi connectivity index (χ0v) is 12.8. The summed E-state index contributed by atoms with van der Waals surface area (Å²) >= 11 is 0. The molecule has 4 aromatic rings. The van der Waals surface area contributed by atoms with E-state index in [1.165, 1.54) is 0 Å². The third kappa shape index (κ3) is 2.65. The largest absolute Gasteiger partial charge is 0.353 e. The zero-order chi connectivity index (χ0) is 16.4. The Morgan fingerprint density at radius 1 is 1.12 bits per heavy atom. The molecule has 1 amide bonds. The van der Waals surface area contributed by atoms with E-state index in [0.717, 1.165) is 28.0 Å². The van der Waals surface area contributed by atoms with Crippen LogP contribution in [0.2, 0.25) is 0 Å². The van der Waals surface area contributed by atoms with Crippen LogP contribution in [0.5, 0.6) is 0 Å². The highest BCUT2D eigenvalue weighted by Gasteiger charge is 2.13. The van der Waals surface area contributed by atoms with Crippen molar-refractivity contribution in [3.8, 4) is 11.4 Å². The maximum Gasteiger partial charge on any atom is 0.252 e. The zero-order valence-electron chi connectivity index (χ0n) is 12.8. The average Bonchev–Trinajstić information content (AvgIpc) is 3.29. The Morgan fingerprint density at radius 3 is 2.88 bits per heavy atom. The minimum Gasteiger partial charge on any atom is -0.353 e. The lowest BCUT2D eigenvalue weighted by molar-refractivity contribution is 0.0952. The van der Waals surface area contributed by atoms with Crippen molar-refractivity contribution in [1.29, 1.82) is 0 Å². The van der Waals surface area contributed by atoms with Crippen molar-refractivity contribution in [3.05, 3.63) is 72.2 Å². The average molecular weight is 317 g/mol. The summed E-state index contributed by atoms with van der Waals surface area (Å²) in [6.07, 6.45) is 3.48. The summed E-state index contributed by atoms with van der Waals surface area (Å²) in [5.74, 6) is -0.126. The van der Waals surface area contributed by atoms with Gasteiger partial charge in [-0.2, -0.15) is 5.10 Å². The van der Waals surface area contributed by atoms with Crippen LogP contribution in [0, 0.1) is 0 Å². The molecule has 0 fully saturated rings. The summed E-state index contributed by atoms with van der Waals surface area (Å²) in [5, 5.41) is 10.7. The summed E-state index contributed by atoms with van der Waals surface area (Å²) in [4.78, 5) is 20.1. The van der Waals surface area contributed by atoms with E-state index in [0.29, 0.717) is 12.1 Å². The normalized spacial score (nSPS) is 10.8. The second kappa shape index (κ2) is 6.00. The Kier molecular flexibility index (Phi) is 3.55. The molecule has 0 saturated heterocycles. The topological polar surface area (TPSA) is 86.5 Å². The van der Waals surface area contributed by atoms with E-state index in [9.17, 15) is 4.79 Å². The van der Waals surface area contributed by atoms with Gasteiger partial charge < -0.3 is 10.3 Å². The number of carbonyl (C=O) groups excluding carboxylic acids is 1. The molecule has 0 bridgehead atoms. The Bertz CT molecular complexity index is 973. The quantitative estimate of drug-likeness (QED) is 0.541. The van der Waals surface area contributed by atoms with Crippen molar-refractivity contribution >= 4 is 16.8 Å². The Hall–Kier alpha value is -3.41. The number of nitrogens with one attached hydrogen (secondary N) is 3. The van der Waals surface area contributed by atoms with Gasteiger partial charge in [0.25, 0.3) is 5.91 Å². The van der Waals surface area contributed by atoms with Gasteiger partial charge in [0.1, 0.15) is 5.69 Å². The number of benzene rings is 1. The molecule has 0 aliphatic rings. The summed E-state index contributed by atoms with van der Waals surface area (Å²) in [7, 11) is 0. The third-order valence-electron chi connectivity index (χ3n) is 3.84. The smallest absolute Gasteiger partial charge is 0.252 e. The van der Waals surface area contributed by atoms with Gasteiger partial charge in [-0.3, -0.25) is 14.9 Å². The van der Waals surface area contributed by atoms with E-state index >= 15 is 0 Å². The second-order valence-electron chi connectivity index (χ2n) is 5.41. The van der Waals surface area contributed by atoms with Gasteiger partial charge in [-0.1, -0.05) is 12.1 Å². The standard InChI is InChI=1S/C18H15N5O/c24-18(20-11-12-4-1-2-8-19-12)13-5-3-6-15-14(13)10-17(22-15)16-7-9-21-23-16/h1-10,22H,11H2,(H,20,24)(H,21,23). The predicted molar refractivity (Wildman–Crippen MR) is 91.3 cm³/mol. The first-order valence-corrected chi connectivity index (χ1v) is 7.61. The minimum atomic E-state index is -0.126. The summed E-state index contributed by atoms with van der Waals surface area (Å²) in [6.45, 7) is 0.396. The second-order valence-corrected chi connectivity index (χ2v) is 5.41. The van der Waals surface area contributed by atoms with Crippen molar-refractivity contribution in [3.63, 3.8) is 0 Å². The summed E-state index contributed by atoms with van der Waals surface area (Å²) in [5.41, 5.74) is 4.03. The number of hydrogen-bond donors (Lipinski definition) is 3. The van der Waals surface area contributed by atoms with Crippen LogP contribution >= 0.6 is 0 Å². The maximum atomic E-state index is 12.6. The highest BCUT2D eigenvalue weighted by atomic mass is 16.1. The van der Waals surface area contributed by atoms with Gasteiger partial charge in [-0.05, 0) is 36.4 Å². The molecule has 0 saturated carbocycles. The van der Waals surface area contributed by atoms with Gasteiger partial charge in [0.05, 0.1) is 17.9 Å². The first-order valence-electron chi connectivity index (χ1n) is 7.61. The lowest BCUT2D eigenvalue weighted by atomic mass is 10.1. The fraction of sp³-hybridized carbons (Fsp3) is 0.0556. The molecule has 6 heteroatoms. The molecule has 3 aromatic heterocycles. The molecule has 1 aromatic carbocycles. The number of pyridine rings is 1. The molecule has 3 heterocycles. The van der Waals surface area contributed by atoms with E-state index in [1.54, 1.807) is 12.4 Å². The SMILES string of the molecule is O=C(NCc1ccccn1)c1cccc2[nH]c(-c3cc[nH]n3)cc12. The Morgan fingerprint density at radius 2 is 2.08 bits per heavy atom. The van der Waals surface area contributed by atoms with Crippen molar-refractivity contribution in [2.45, 2.75) is 6.54 Å². The number of aromatic amines is 2. The van der Waals surface area contributed by atoms with E-state index < -0.39 is 0 Å². The van der Waals surface area contributed by atoms with E-state index in [1.807, 2.05) is 48.5 Å². The number of amides is 1. The monoisotopic (exact) mass is 317 g/mol. The number of H-pyrrole nitrogens is 2. The fourth-order valence-corrected chi connectivity index (χ4v) is 2.67. The van der Waals surface area contributed by atoms with Crippen molar-refractivity contribution in [1.82, 2.24) is 25.5 Å². The van der Waals surface area contributed by atoms with Crippen molar-refractivity contribution in [2.24, 2.45) is 0 Å². The number of aromatic nitrogens is 4. The summed E-state index contributed by atoms with van der Waals surface area (Å²) < 4.78 is 0. The van der Waals surface area contributed by atoms with Crippen molar-refractivity contribution in [2.75, 3.05) is 0 Å². The summed E-state index contributed by atoms with van der Waals surface area (Å²) in [6, 6.07) is 15.1. The van der Waals surface area contributed by atoms with Crippen LogP contribution in [-0.2, 0) is 6.54 Å². The lowest BCUT2D eigenvalue weighted by Crippen LogP contribution is -2.23. The highest BCUT2D eigenvalue weighted by Crippen LogP contribution is 2.25. The van der Waals surface area contributed by atoms with Crippen LogP contribution in [0.3, 0.4) is 0 Å². The maximum absolute atomic E-state index is 12.6. The van der Waals surface area contributed by atoms with E-state index in [2.05, 4.69) is 25.5 Å². The number of carbonyl (C=O) groups is 1. The minimum absolute atomic E-state index is 0.126. The molecule has 6 nitrogen and oxygen atoms in total. The molecule has 0 unspecified atom stereocenters. The molecule has 0 radical (unpaired) electrons. The Balaban J connectivity index is 1.62. The highest BCUT2D eigenvalue weighted by molar-refractivity contribution is 6.07. The molecule has 4 rings (SSSR count). The van der Waals surface area contributed by atoms with Crippen LogP contribution in [0.25, 0.3) is 22.3 Å². The van der Waals surface area contributed by atoms with Gasteiger partial charge in [-0.15, -0.1) is 0 Å². The van der Waals surface area contributed by atoms with Gasteiger partial charge in [0.2, 0.25) is 0 Å². The van der Waals surface area contributed by atoms with Gasteiger partial charge in [0.15, 0.2) is 0 Å². The molecule has 3 N–H and O–H groups in total. The van der Waals surface area contributed by atoms with Gasteiger partial charge in [-0.25, -0.2) is 0 Å². The lowest BCUT2D eigenvalue weighted by Gasteiger charge is -2.05. The van der Waals surface area contributed by atoms with Crippen LogP contribution in [-0.4, -0.2) is 26.1 Å². The van der Waals surface area contributed by atoms with E-state index in [4.69, 9.17) is 0 Å². The molecule has 118 valence electrons. The fourth-order valence-electron chi connectivity index (χ4n) is 2.67. The molecule has 0 atom stereocenters. The van der Waals surface area contributed by atoms with Crippen LogP contribution < -0.4 is 5.32 Å². The van der Waals surface area contributed by atoms with Gasteiger partial charge in [0, 0.05) is 28.9 Å². The predicted octanol–water partition coefficient (Wildman–Crippen LogP) is 2.88. The number of hydrogen-bond acceptors (Lipinski definition) is 3. The molecule has 0 aliphatic heterocycles. The third-order valence-corrected chi connectivity index (χ3v) is 3.84. The molecule has 24 heavy (non-hydrogen) atoms. The molecule has 0 spiro atoms. The number of rotatable bonds is 4. The molecular formula is C18H15N5O. The van der Waals surface area contributed by atoms with Crippen LogP contribution in [0.1, 0.15) is 16.1 Å². The number of fused-ring (bicyclic) bond motifs is 1. The number of nitrogens with zero attached hydrogens (tertiary/aromatic N) is 2. The van der Waals surface area contributed by atoms with Gasteiger partial charge >= 0.3 is 0 Å². The van der Waals surface area contributed by atoms with Crippen LogP contribution in [0.4, 0.5) is 0 Å².